The molecule has 0 aliphatic heterocycles. The third-order valence-electron chi connectivity index (χ3n) is 6.53. The number of unbranched alkanes of at least 4 members (excludes halogenated alkanes) is 1. The number of benzene rings is 3. The van der Waals surface area contributed by atoms with Crippen LogP contribution in [-0.2, 0) is 14.4 Å². The number of phenols is 5. The number of hydrogen-bond acceptors (Lipinski definition) is 8. The van der Waals surface area contributed by atoms with E-state index in [4.69, 9.17) is 0 Å². The van der Waals surface area contributed by atoms with Crippen LogP contribution in [0, 0.1) is 0 Å². The standard InChI is InChI=1S/C34H37N3O8/c38-27-11-4-24(5-12-27)8-15-32(43)36-19-3-21-37(34(45)17-10-26-7-14-29(40)31(42)23-26)20-2-1-18-35-33(44)16-9-25-6-13-28(39)30(41)22-25/h4-17,22-23,38-42H,1-3,18-21H2,(H,35,44)(H,36,43). The van der Waals surface area contributed by atoms with Gasteiger partial charge in [-0.2, -0.15) is 0 Å². The Bertz CT molecular complexity index is 1550. The van der Waals surface area contributed by atoms with Crippen molar-refractivity contribution in [2.75, 3.05) is 26.2 Å². The maximum Gasteiger partial charge on any atom is 0.246 e. The van der Waals surface area contributed by atoms with Gasteiger partial charge in [-0.3, -0.25) is 14.4 Å². The quantitative estimate of drug-likeness (QED) is 0.0764. The molecule has 0 spiro atoms. The van der Waals surface area contributed by atoms with Crippen LogP contribution in [0.4, 0.5) is 0 Å². The fourth-order valence-corrected chi connectivity index (χ4v) is 4.06. The Labute approximate surface area is 261 Å². The summed E-state index contributed by atoms with van der Waals surface area (Å²) in [6.07, 6.45) is 10.4. The van der Waals surface area contributed by atoms with Gasteiger partial charge in [0.15, 0.2) is 23.0 Å². The minimum Gasteiger partial charge on any atom is -0.508 e. The molecule has 11 nitrogen and oxygen atoms in total. The highest BCUT2D eigenvalue weighted by atomic mass is 16.3. The molecule has 45 heavy (non-hydrogen) atoms. The molecule has 236 valence electrons. The van der Waals surface area contributed by atoms with E-state index in [9.17, 15) is 39.9 Å². The maximum absolute atomic E-state index is 13.0. The van der Waals surface area contributed by atoms with Crippen molar-refractivity contribution in [3.8, 4) is 28.7 Å². The molecule has 3 amide bonds. The second kappa shape index (κ2) is 17.4. The van der Waals surface area contributed by atoms with Crippen molar-refractivity contribution in [1.29, 1.82) is 0 Å². The predicted octanol–water partition coefficient (Wildman–Crippen LogP) is 3.89. The van der Waals surface area contributed by atoms with E-state index in [2.05, 4.69) is 10.6 Å². The van der Waals surface area contributed by atoms with Gasteiger partial charge in [0.2, 0.25) is 17.7 Å². The van der Waals surface area contributed by atoms with Gasteiger partial charge in [0.1, 0.15) is 5.75 Å². The number of nitrogens with zero attached hydrogens (tertiary/aromatic N) is 1. The first-order chi connectivity index (χ1) is 21.6. The van der Waals surface area contributed by atoms with Gasteiger partial charge in [-0.1, -0.05) is 24.3 Å². The summed E-state index contributed by atoms with van der Waals surface area (Å²) in [6, 6.07) is 14.9. The van der Waals surface area contributed by atoms with Crippen LogP contribution in [-0.4, -0.2) is 74.3 Å². The first-order valence-corrected chi connectivity index (χ1v) is 14.3. The fourth-order valence-electron chi connectivity index (χ4n) is 4.06. The molecule has 0 saturated carbocycles. The van der Waals surface area contributed by atoms with Crippen LogP contribution in [0.15, 0.2) is 78.9 Å². The molecule has 0 atom stereocenters. The SMILES string of the molecule is O=C(C=Cc1ccc(O)c(O)c1)NCCCCN(CCCNC(=O)C=Cc1ccc(O)cc1)C(=O)C=Cc1ccc(O)c(O)c1. The van der Waals surface area contributed by atoms with Crippen molar-refractivity contribution in [2.45, 2.75) is 19.3 Å². The van der Waals surface area contributed by atoms with Gasteiger partial charge in [-0.15, -0.1) is 0 Å². The molecular weight excluding hydrogens is 578 g/mol. The van der Waals surface area contributed by atoms with Crippen molar-refractivity contribution in [3.05, 3.63) is 95.6 Å². The molecule has 0 heterocycles. The largest absolute Gasteiger partial charge is 0.508 e. The van der Waals surface area contributed by atoms with Crippen LogP contribution < -0.4 is 10.6 Å². The maximum atomic E-state index is 13.0. The average molecular weight is 616 g/mol. The second-order valence-corrected chi connectivity index (χ2v) is 10.1. The van der Waals surface area contributed by atoms with E-state index >= 15 is 0 Å². The summed E-state index contributed by atoms with van der Waals surface area (Å²) < 4.78 is 0. The smallest absolute Gasteiger partial charge is 0.246 e. The Kier molecular flexibility index (Phi) is 13.1. The molecule has 3 aromatic rings. The van der Waals surface area contributed by atoms with E-state index in [0.717, 1.165) is 5.56 Å². The molecule has 3 aromatic carbocycles. The van der Waals surface area contributed by atoms with Gasteiger partial charge in [-0.05, 0) is 90.6 Å². The summed E-state index contributed by atoms with van der Waals surface area (Å²) in [5, 5.41) is 53.1. The minimum atomic E-state index is -0.328. The van der Waals surface area contributed by atoms with Crippen molar-refractivity contribution in [3.63, 3.8) is 0 Å². The van der Waals surface area contributed by atoms with Crippen LogP contribution in [0.25, 0.3) is 18.2 Å². The molecule has 3 rings (SSSR count). The summed E-state index contributed by atoms with van der Waals surface area (Å²) in [7, 11) is 0. The number of carbonyl (C=O) groups excluding carboxylic acids is 3. The lowest BCUT2D eigenvalue weighted by Crippen LogP contribution is -2.34. The average Bonchev–Trinajstić information content (AvgIpc) is 3.02. The van der Waals surface area contributed by atoms with Crippen LogP contribution in [0.1, 0.15) is 36.0 Å². The summed E-state index contributed by atoms with van der Waals surface area (Å²) in [4.78, 5) is 39.0. The highest BCUT2D eigenvalue weighted by molar-refractivity contribution is 5.93. The molecule has 7 N–H and O–H groups in total. The molecule has 0 bridgehead atoms. The molecule has 0 aliphatic rings. The third-order valence-corrected chi connectivity index (χ3v) is 6.53. The number of nitrogens with one attached hydrogen (secondary N) is 2. The molecule has 0 radical (unpaired) electrons. The van der Waals surface area contributed by atoms with E-state index in [1.54, 1.807) is 35.2 Å². The lowest BCUT2D eigenvalue weighted by molar-refractivity contribution is -0.126. The lowest BCUT2D eigenvalue weighted by Gasteiger charge is -2.21. The minimum absolute atomic E-state index is 0.137. The summed E-state index contributed by atoms with van der Waals surface area (Å²) in [5.74, 6) is -1.84. The zero-order chi connectivity index (χ0) is 32.6. The molecule has 0 aromatic heterocycles. The molecule has 0 unspecified atom stereocenters. The normalized spacial score (nSPS) is 11.3. The fraction of sp³-hybridized carbons (Fsp3) is 0.206. The summed E-state index contributed by atoms with van der Waals surface area (Å²) in [5.41, 5.74) is 1.84. The Hall–Kier alpha value is -5.71. The van der Waals surface area contributed by atoms with Crippen molar-refractivity contribution < 1.29 is 39.9 Å². The number of phenolic OH excluding ortho intramolecular Hbond substituents is 5. The molecule has 11 heteroatoms. The third kappa shape index (κ3) is 12.2. The van der Waals surface area contributed by atoms with Crippen molar-refractivity contribution >= 4 is 35.9 Å². The monoisotopic (exact) mass is 615 g/mol. The molecular formula is C34H37N3O8. The van der Waals surface area contributed by atoms with Gasteiger partial charge in [0.25, 0.3) is 0 Å². The van der Waals surface area contributed by atoms with Gasteiger partial charge in [-0.25, -0.2) is 0 Å². The zero-order valence-corrected chi connectivity index (χ0v) is 24.6. The second-order valence-electron chi connectivity index (χ2n) is 10.1. The van der Waals surface area contributed by atoms with Crippen LogP contribution >= 0.6 is 0 Å². The predicted molar refractivity (Wildman–Crippen MR) is 171 cm³/mol. The number of aromatic hydroxyl groups is 5. The molecule has 0 fully saturated rings. The van der Waals surface area contributed by atoms with Gasteiger partial charge < -0.3 is 41.1 Å². The Balaban J connectivity index is 1.48. The van der Waals surface area contributed by atoms with Gasteiger partial charge in [0.05, 0.1) is 0 Å². The number of carbonyl (C=O) groups is 3. The molecule has 0 aliphatic carbocycles. The van der Waals surface area contributed by atoms with Crippen LogP contribution in [0.2, 0.25) is 0 Å². The summed E-state index contributed by atoms with van der Waals surface area (Å²) in [6.45, 7) is 1.47. The van der Waals surface area contributed by atoms with Crippen molar-refractivity contribution in [2.24, 2.45) is 0 Å². The number of hydrogen-bond donors (Lipinski definition) is 7. The van der Waals surface area contributed by atoms with E-state index in [0.29, 0.717) is 56.6 Å². The Morgan fingerprint density at radius 2 is 1.02 bits per heavy atom. The van der Waals surface area contributed by atoms with E-state index < -0.39 is 0 Å². The highest BCUT2D eigenvalue weighted by Crippen LogP contribution is 2.26. The molecule has 0 saturated heterocycles. The Morgan fingerprint density at radius 1 is 0.556 bits per heavy atom. The van der Waals surface area contributed by atoms with E-state index in [1.807, 2.05) is 0 Å². The topological polar surface area (TPSA) is 180 Å². The highest BCUT2D eigenvalue weighted by Gasteiger charge is 2.11. The number of amides is 3. The van der Waals surface area contributed by atoms with E-state index in [-0.39, 0.29) is 46.5 Å². The zero-order valence-electron chi connectivity index (χ0n) is 24.6. The van der Waals surface area contributed by atoms with E-state index in [1.165, 1.54) is 66.8 Å². The lowest BCUT2D eigenvalue weighted by atomic mass is 10.2. The van der Waals surface area contributed by atoms with Crippen LogP contribution in [0.3, 0.4) is 0 Å². The first-order valence-electron chi connectivity index (χ1n) is 14.3. The van der Waals surface area contributed by atoms with Crippen LogP contribution in [0.5, 0.6) is 28.7 Å². The Morgan fingerprint density at radius 3 is 1.58 bits per heavy atom. The van der Waals surface area contributed by atoms with Crippen molar-refractivity contribution in [1.82, 2.24) is 15.5 Å². The first kappa shape index (κ1) is 33.8. The van der Waals surface area contributed by atoms with Gasteiger partial charge in [0, 0.05) is 44.4 Å². The number of rotatable bonds is 15. The summed E-state index contributed by atoms with van der Waals surface area (Å²) >= 11 is 0. The van der Waals surface area contributed by atoms with Gasteiger partial charge >= 0.3 is 0 Å².